The minimum absolute atomic E-state index is 0.118. The molecule has 0 aromatic carbocycles. The summed E-state index contributed by atoms with van der Waals surface area (Å²) in [5, 5.41) is 8.71. The van der Waals surface area contributed by atoms with E-state index in [9.17, 15) is 0 Å². The van der Waals surface area contributed by atoms with Gasteiger partial charge in [0.15, 0.2) is 0 Å². The molecule has 0 radical (unpaired) electrons. The Labute approximate surface area is 55.1 Å². The second kappa shape index (κ2) is 2.69. The van der Waals surface area contributed by atoms with Crippen LogP contribution in [0, 0.1) is 0 Å². The van der Waals surface area contributed by atoms with E-state index < -0.39 is 0 Å². The number of aliphatic hydroxyl groups is 1. The van der Waals surface area contributed by atoms with E-state index in [0.29, 0.717) is 0 Å². The van der Waals surface area contributed by atoms with Crippen LogP contribution in [-0.4, -0.2) is 23.3 Å². The topological polar surface area (TPSA) is 23.5 Å². The fraction of sp³-hybridized carbons (Fsp3) is 0.429. The summed E-state index contributed by atoms with van der Waals surface area (Å²) in [7, 11) is 0. The Morgan fingerprint density at radius 3 is 3.00 bits per heavy atom. The maximum absolute atomic E-state index is 8.71. The van der Waals surface area contributed by atoms with Crippen LogP contribution in [-0.2, 0) is 0 Å². The smallest absolute Gasteiger partial charge is 0.115 e. The van der Waals surface area contributed by atoms with Crippen LogP contribution in [0.4, 0.5) is 0 Å². The summed E-state index contributed by atoms with van der Waals surface area (Å²) in [6, 6.07) is 0. The Hall–Kier alpha value is -0.760. The summed E-state index contributed by atoms with van der Waals surface area (Å²) in [6.45, 7) is 2.94. The summed E-state index contributed by atoms with van der Waals surface area (Å²) in [5.74, 6) is 0. The third kappa shape index (κ3) is 1.33. The molecular formula is C7H11NO. The second-order valence-electron chi connectivity index (χ2n) is 2.10. The summed E-state index contributed by atoms with van der Waals surface area (Å²) in [4.78, 5) is 1.89. The molecule has 0 bridgehead atoms. The predicted octanol–water partition coefficient (Wildman–Crippen LogP) is 0.712. The highest BCUT2D eigenvalue weighted by molar-refractivity contribution is 5.15. The molecule has 0 amide bonds. The lowest BCUT2D eigenvalue weighted by Gasteiger charge is -2.22. The van der Waals surface area contributed by atoms with Gasteiger partial charge in [-0.25, -0.2) is 0 Å². The zero-order chi connectivity index (χ0) is 6.69. The normalized spacial score (nSPS) is 18.0. The third-order valence-electron chi connectivity index (χ3n) is 1.47. The van der Waals surface area contributed by atoms with Crippen LogP contribution in [0.3, 0.4) is 0 Å². The van der Waals surface area contributed by atoms with E-state index in [1.807, 2.05) is 30.1 Å². The molecule has 9 heavy (non-hydrogen) atoms. The highest BCUT2D eigenvalue weighted by atomic mass is 16.3. The molecule has 0 aliphatic carbocycles. The van der Waals surface area contributed by atoms with Crippen LogP contribution in [0.2, 0.25) is 0 Å². The Kier molecular flexibility index (Phi) is 1.90. The Bertz CT molecular complexity index is 149. The Morgan fingerprint density at radius 2 is 2.56 bits per heavy atom. The molecule has 0 atom stereocenters. The van der Waals surface area contributed by atoms with Gasteiger partial charge in [0.1, 0.15) is 6.73 Å². The van der Waals surface area contributed by atoms with Crippen molar-refractivity contribution in [1.82, 2.24) is 4.90 Å². The molecule has 2 heteroatoms. The van der Waals surface area contributed by atoms with E-state index in [0.717, 1.165) is 12.2 Å². The first-order valence-corrected chi connectivity index (χ1v) is 3.04. The van der Waals surface area contributed by atoms with Gasteiger partial charge in [-0.3, -0.25) is 0 Å². The molecule has 0 unspecified atom stereocenters. The monoisotopic (exact) mass is 125 g/mol. The van der Waals surface area contributed by atoms with Gasteiger partial charge in [-0.15, -0.1) is 0 Å². The lowest BCUT2D eigenvalue weighted by molar-refractivity contribution is 0.149. The Morgan fingerprint density at radius 1 is 1.78 bits per heavy atom. The third-order valence-corrected chi connectivity index (χ3v) is 1.47. The summed E-state index contributed by atoms with van der Waals surface area (Å²) in [6.07, 6.45) is 6.00. The highest BCUT2D eigenvalue weighted by Gasteiger charge is 2.01. The summed E-state index contributed by atoms with van der Waals surface area (Å²) < 4.78 is 0. The van der Waals surface area contributed by atoms with E-state index in [1.54, 1.807) is 0 Å². The number of hydrogen-bond donors (Lipinski definition) is 1. The van der Waals surface area contributed by atoms with Crippen LogP contribution in [0.25, 0.3) is 0 Å². The number of hydrogen-bond acceptors (Lipinski definition) is 2. The molecule has 0 saturated heterocycles. The van der Waals surface area contributed by atoms with Crippen LogP contribution >= 0.6 is 0 Å². The number of rotatable bonds is 1. The molecule has 1 aliphatic rings. The molecule has 50 valence electrons. The summed E-state index contributed by atoms with van der Waals surface area (Å²) in [5.41, 5.74) is 1.13. The molecule has 0 fully saturated rings. The van der Waals surface area contributed by atoms with Crippen molar-refractivity contribution in [3.05, 3.63) is 23.9 Å². The quantitative estimate of drug-likeness (QED) is 0.558. The minimum Gasteiger partial charge on any atom is -0.376 e. The zero-order valence-electron chi connectivity index (χ0n) is 5.54. The van der Waals surface area contributed by atoms with Gasteiger partial charge < -0.3 is 10.0 Å². The van der Waals surface area contributed by atoms with Crippen molar-refractivity contribution in [2.24, 2.45) is 0 Å². The SMILES string of the molecule is CC1=CC=CCN1CO. The van der Waals surface area contributed by atoms with E-state index in [-0.39, 0.29) is 6.73 Å². The number of nitrogens with zero attached hydrogens (tertiary/aromatic N) is 1. The van der Waals surface area contributed by atoms with Gasteiger partial charge in [0.2, 0.25) is 0 Å². The largest absolute Gasteiger partial charge is 0.376 e. The van der Waals surface area contributed by atoms with Gasteiger partial charge in [0.05, 0.1) is 0 Å². The molecule has 2 nitrogen and oxygen atoms in total. The van der Waals surface area contributed by atoms with Crippen molar-refractivity contribution in [3.63, 3.8) is 0 Å². The van der Waals surface area contributed by atoms with E-state index in [2.05, 4.69) is 0 Å². The van der Waals surface area contributed by atoms with Crippen molar-refractivity contribution in [1.29, 1.82) is 0 Å². The van der Waals surface area contributed by atoms with Gasteiger partial charge in [-0.05, 0) is 13.0 Å². The van der Waals surface area contributed by atoms with Crippen molar-refractivity contribution in [2.45, 2.75) is 6.92 Å². The van der Waals surface area contributed by atoms with Gasteiger partial charge in [-0.1, -0.05) is 12.2 Å². The van der Waals surface area contributed by atoms with Gasteiger partial charge in [0.25, 0.3) is 0 Å². The van der Waals surface area contributed by atoms with Crippen molar-refractivity contribution in [2.75, 3.05) is 13.3 Å². The first-order valence-electron chi connectivity index (χ1n) is 3.04. The average molecular weight is 125 g/mol. The lowest BCUT2D eigenvalue weighted by Crippen LogP contribution is -2.24. The van der Waals surface area contributed by atoms with E-state index in [4.69, 9.17) is 5.11 Å². The second-order valence-corrected chi connectivity index (χ2v) is 2.10. The van der Waals surface area contributed by atoms with Gasteiger partial charge >= 0.3 is 0 Å². The maximum Gasteiger partial charge on any atom is 0.115 e. The molecule has 0 aromatic heterocycles. The van der Waals surface area contributed by atoms with Crippen LogP contribution in [0.5, 0.6) is 0 Å². The fourth-order valence-electron chi connectivity index (χ4n) is 0.814. The highest BCUT2D eigenvalue weighted by Crippen LogP contribution is 2.06. The van der Waals surface area contributed by atoms with Gasteiger partial charge in [-0.2, -0.15) is 0 Å². The lowest BCUT2D eigenvalue weighted by atomic mass is 10.3. The van der Waals surface area contributed by atoms with Crippen LogP contribution < -0.4 is 0 Å². The number of allylic oxidation sites excluding steroid dienone is 3. The van der Waals surface area contributed by atoms with Crippen molar-refractivity contribution in [3.8, 4) is 0 Å². The van der Waals surface area contributed by atoms with Crippen molar-refractivity contribution >= 4 is 0 Å². The first-order chi connectivity index (χ1) is 4.34. The molecule has 1 aliphatic heterocycles. The molecule has 1 heterocycles. The number of aliphatic hydroxyl groups excluding tert-OH is 1. The molecule has 1 rings (SSSR count). The molecule has 0 aromatic rings. The van der Waals surface area contributed by atoms with E-state index in [1.165, 1.54) is 0 Å². The average Bonchev–Trinajstić information content (AvgIpc) is 1.89. The summed E-state index contributed by atoms with van der Waals surface area (Å²) >= 11 is 0. The van der Waals surface area contributed by atoms with Crippen LogP contribution in [0.15, 0.2) is 23.9 Å². The molecule has 0 saturated carbocycles. The minimum atomic E-state index is 0.118. The fourth-order valence-corrected chi connectivity index (χ4v) is 0.814. The molecule has 1 N–H and O–H groups in total. The molecular weight excluding hydrogens is 114 g/mol. The maximum atomic E-state index is 8.71. The standard InChI is InChI=1S/C7H11NO/c1-7-4-2-3-5-8(7)6-9/h2-4,9H,5-6H2,1H3. The zero-order valence-corrected chi connectivity index (χ0v) is 5.54. The van der Waals surface area contributed by atoms with E-state index >= 15 is 0 Å². The van der Waals surface area contributed by atoms with Crippen LogP contribution in [0.1, 0.15) is 6.92 Å². The first kappa shape index (κ1) is 6.36. The predicted molar refractivity (Wildman–Crippen MR) is 36.7 cm³/mol. The Balaban J connectivity index is 2.59. The van der Waals surface area contributed by atoms with Gasteiger partial charge in [0, 0.05) is 12.2 Å². The van der Waals surface area contributed by atoms with Crippen molar-refractivity contribution < 1.29 is 5.11 Å². The molecule has 0 spiro atoms.